The first-order chi connectivity index (χ1) is 21.0. The highest BCUT2D eigenvalue weighted by Crippen LogP contribution is 2.38. The Morgan fingerprint density at radius 1 is 1.09 bits per heavy atom. The van der Waals surface area contributed by atoms with E-state index in [0.717, 1.165) is 11.8 Å². The molecule has 2 heterocycles. The maximum Gasteiger partial charge on any atom is 0.355 e. The Kier molecular flexibility index (Phi) is 8.84. The number of aromatic nitrogens is 1. The van der Waals surface area contributed by atoms with Gasteiger partial charge in [0.1, 0.15) is 24.7 Å². The van der Waals surface area contributed by atoms with E-state index < -0.39 is 39.4 Å². The number of para-hydroxylation sites is 1. The summed E-state index contributed by atoms with van der Waals surface area (Å²) in [6.07, 6.45) is 1.58. The Morgan fingerprint density at radius 2 is 1.84 bits per heavy atom. The van der Waals surface area contributed by atoms with Crippen LogP contribution in [0.15, 0.2) is 66.7 Å². The molecule has 1 fully saturated rings. The fourth-order valence-corrected chi connectivity index (χ4v) is 6.28. The van der Waals surface area contributed by atoms with Crippen LogP contribution in [0.4, 0.5) is 9.18 Å². The molecule has 44 heavy (non-hydrogen) atoms. The number of nitrogens with two attached hydrogens (primary N) is 1. The third kappa shape index (κ3) is 6.36. The molecule has 10 nitrogen and oxygen atoms in total. The summed E-state index contributed by atoms with van der Waals surface area (Å²) < 4.78 is 44.5. The van der Waals surface area contributed by atoms with Gasteiger partial charge in [-0.05, 0) is 42.6 Å². The van der Waals surface area contributed by atoms with Crippen molar-refractivity contribution in [3.05, 3.63) is 94.9 Å². The summed E-state index contributed by atoms with van der Waals surface area (Å²) in [5.41, 5.74) is 8.14. The van der Waals surface area contributed by atoms with Crippen molar-refractivity contribution in [1.82, 2.24) is 14.8 Å². The third-order valence-corrected chi connectivity index (χ3v) is 8.42. The quantitative estimate of drug-likeness (QED) is 0.185. The van der Waals surface area contributed by atoms with Gasteiger partial charge >= 0.3 is 12.0 Å². The number of urea groups is 1. The van der Waals surface area contributed by atoms with Crippen LogP contribution in [0, 0.1) is 5.82 Å². The van der Waals surface area contributed by atoms with Crippen molar-refractivity contribution >= 4 is 38.6 Å². The number of imide groups is 1. The number of H-pyrrole nitrogens is 1. The molecule has 3 amide bonds. The van der Waals surface area contributed by atoms with Crippen LogP contribution in [0.1, 0.15) is 46.6 Å². The summed E-state index contributed by atoms with van der Waals surface area (Å²) in [5.74, 6) is -2.25. The monoisotopic (exact) mass is 620 g/mol. The van der Waals surface area contributed by atoms with E-state index in [1.165, 1.54) is 21.9 Å². The lowest BCUT2D eigenvalue weighted by molar-refractivity contribution is -0.126. The predicted octanol–water partition coefficient (Wildman–Crippen LogP) is 4.55. The van der Waals surface area contributed by atoms with Gasteiger partial charge in [0.2, 0.25) is 0 Å². The number of ether oxygens (including phenoxy) is 1. The molecule has 1 unspecified atom stereocenters. The molecule has 0 spiro atoms. The average Bonchev–Trinajstić information content (AvgIpc) is 3.52. The predicted molar refractivity (Wildman–Crippen MR) is 164 cm³/mol. The lowest BCUT2D eigenvalue weighted by atomic mass is 9.97. The number of aromatic amines is 1. The summed E-state index contributed by atoms with van der Waals surface area (Å²) in [6, 6.07) is 17.4. The number of carbonyl (C=O) groups excluding carboxylic acids is 3. The molecule has 3 aromatic carbocycles. The first-order valence-electron chi connectivity index (χ1n) is 14.1. The second-order valence-electron chi connectivity index (χ2n) is 10.9. The average molecular weight is 621 g/mol. The SMILES string of the molecule is CC(c1cccc2c(-c3ccc(CS(C)(=O)=O)c(F)c3)c(C(=O)OCc3ccccc3)[nH]c12)N1C(=O)CN(CCCN)C1=O. The fourth-order valence-electron chi connectivity index (χ4n) is 5.48. The van der Waals surface area contributed by atoms with Crippen LogP contribution < -0.4 is 5.73 Å². The van der Waals surface area contributed by atoms with Crippen LogP contribution in [-0.2, 0) is 31.7 Å². The minimum Gasteiger partial charge on any atom is -0.456 e. The molecule has 1 aliphatic rings. The summed E-state index contributed by atoms with van der Waals surface area (Å²) in [4.78, 5) is 45.5. The lowest BCUT2D eigenvalue weighted by Crippen LogP contribution is -2.36. The van der Waals surface area contributed by atoms with Crippen molar-refractivity contribution in [3.8, 4) is 11.1 Å². The molecule has 230 valence electrons. The number of amides is 3. The highest BCUT2D eigenvalue weighted by molar-refractivity contribution is 7.89. The molecule has 1 aromatic heterocycles. The highest BCUT2D eigenvalue weighted by Gasteiger charge is 2.40. The number of rotatable bonds is 11. The number of sulfone groups is 1. The molecule has 1 saturated heterocycles. The maximum absolute atomic E-state index is 15.2. The Morgan fingerprint density at radius 3 is 2.52 bits per heavy atom. The van der Waals surface area contributed by atoms with E-state index in [-0.39, 0.29) is 30.3 Å². The van der Waals surface area contributed by atoms with E-state index in [9.17, 15) is 22.8 Å². The van der Waals surface area contributed by atoms with E-state index in [0.29, 0.717) is 47.1 Å². The van der Waals surface area contributed by atoms with E-state index in [2.05, 4.69) is 4.98 Å². The van der Waals surface area contributed by atoms with E-state index in [4.69, 9.17) is 10.5 Å². The van der Waals surface area contributed by atoms with Crippen LogP contribution in [0.5, 0.6) is 0 Å². The highest BCUT2D eigenvalue weighted by atomic mass is 32.2. The zero-order valence-electron chi connectivity index (χ0n) is 24.4. The number of halogens is 1. The Hall–Kier alpha value is -4.55. The molecule has 1 aliphatic heterocycles. The van der Waals surface area contributed by atoms with Crippen molar-refractivity contribution in [2.24, 2.45) is 5.73 Å². The summed E-state index contributed by atoms with van der Waals surface area (Å²) >= 11 is 0. The maximum atomic E-state index is 15.2. The van der Waals surface area contributed by atoms with Crippen molar-refractivity contribution in [3.63, 3.8) is 0 Å². The number of hydrogen-bond acceptors (Lipinski definition) is 7. The van der Waals surface area contributed by atoms with Gasteiger partial charge in [-0.2, -0.15) is 0 Å². The van der Waals surface area contributed by atoms with Crippen LogP contribution in [0.25, 0.3) is 22.0 Å². The van der Waals surface area contributed by atoms with Crippen molar-refractivity contribution in [2.75, 3.05) is 25.9 Å². The van der Waals surface area contributed by atoms with Gasteiger partial charge in [0.05, 0.1) is 17.3 Å². The molecule has 1 atom stereocenters. The normalized spacial score (nSPS) is 14.5. The van der Waals surface area contributed by atoms with Crippen LogP contribution in [0.2, 0.25) is 0 Å². The van der Waals surface area contributed by atoms with E-state index >= 15 is 4.39 Å². The van der Waals surface area contributed by atoms with E-state index in [1.807, 2.05) is 30.3 Å². The molecule has 12 heteroatoms. The van der Waals surface area contributed by atoms with Crippen molar-refractivity contribution in [2.45, 2.75) is 31.7 Å². The van der Waals surface area contributed by atoms with Gasteiger partial charge < -0.3 is 20.4 Å². The van der Waals surface area contributed by atoms with Crippen molar-refractivity contribution in [1.29, 1.82) is 0 Å². The fraction of sp³-hybridized carbons (Fsp3) is 0.281. The number of nitrogens with one attached hydrogen (secondary N) is 1. The van der Waals surface area contributed by atoms with Crippen LogP contribution >= 0.6 is 0 Å². The van der Waals surface area contributed by atoms with Gasteiger partial charge in [-0.1, -0.05) is 60.7 Å². The number of esters is 1. The van der Waals surface area contributed by atoms with Gasteiger partial charge in [0.15, 0.2) is 9.84 Å². The summed E-state index contributed by atoms with van der Waals surface area (Å²) in [6.45, 7) is 2.42. The molecule has 0 radical (unpaired) electrons. The van der Waals surface area contributed by atoms with Crippen LogP contribution in [0.3, 0.4) is 0 Å². The van der Waals surface area contributed by atoms with Gasteiger partial charge in [-0.15, -0.1) is 0 Å². The Bertz CT molecular complexity index is 1840. The lowest BCUT2D eigenvalue weighted by Gasteiger charge is -2.24. The molecule has 0 saturated carbocycles. The number of carbonyl (C=O) groups is 3. The first-order valence-corrected chi connectivity index (χ1v) is 16.2. The zero-order valence-corrected chi connectivity index (χ0v) is 25.2. The molecule has 0 bridgehead atoms. The van der Waals surface area contributed by atoms with Gasteiger partial charge in [-0.25, -0.2) is 22.4 Å². The molecular formula is C32H33FN4O6S. The largest absolute Gasteiger partial charge is 0.456 e. The standard InChI is InChI=1S/C32H33FN4O6S/c1-20(37-27(38)17-36(32(37)40)15-7-14-34)24-10-6-11-25-28(22-12-13-23(26(33)16-22)19-44(2,41)42)30(35-29(24)25)31(39)43-18-21-8-4-3-5-9-21/h3-6,8-13,16,20,35H,7,14-15,17-19,34H2,1-2H3. The minimum atomic E-state index is -3.49. The molecule has 3 N–H and O–H groups in total. The smallest absolute Gasteiger partial charge is 0.355 e. The minimum absolute atomic E-state index is 0.00357. The number of fused-ring (bicyclic) bond motifs is 1. The number of benzene rings is 3. The van der Waals surface area contributed by atoms with E-state index in [1.54, 1.807) is 31.2 Å². The number of nitrogens with zero attached hydrogens (tertiary/aromatic N) is 2. The molecule has 5 rings (SSSR count). The number of hydrogen-bond donors (Lipinski definition) is 2. The Balaban J connectivity index is 1.59. The second-order valence-corrected chi connectivity index (χ2v) is 13.0. The summed E-state index contributed by atoms with van der Waals surface area (Å²) in [7, 11) is -3.49. The second kappa shape index (κ2) is 12.6. The van der Waals surface area contributed by atoms with Crippen molar-refractivity contribution < 1.29 is 31.9 Å². The summed E-state index contributed by atoms with van der Waals surface area (Å²) in [5, 5.41) is 0.537. The van der Waals surface area contributed by atoms with Crippen LogP contribution in [-0.4, -0.2) is 67.0 Å². The van der Waals surface area contributed by atoms with Gasteiger partial charge in [0.25, 0.3) is 5.91 Å². The Labute approximate surface area is 254 Å². The molecule has 4 aromatic rings. The first kappa shape index (κ1) is 30.9. The van der Waals surface area contributed by atoms with Gasteiger partial charge in [0, 0.05) is 29.3 Å². The zero-order chi connectivity index (χ0) is 31.6. The topological polar surface area (TPSA) is 143 Å². The molecule has 0 aliphatic carbocycles. The molecular weight excluding hydrogens is 587 g/mol. The third-order valence-electron chi connectivity index (χ3n) is 7.58. The van der Waals surface area contributed by atoms with Gasteiger partial charge in [-0.3, -0.25) is 9.69 Å².